The SMILES string of the molecule is COc1ccc2c(c1)c(C(=O)N1CCC3(CCCN(C)C3=O)C1)c(C)n2C. The number of hydrogen-bond donors (Lipinski definition) is 0. The monoisotopic (exact) mass is 369 g/mol. The number of carbonyl (C=O) groups is 2. The normalized spacial score (nSPS) is 22.9. The summed E-state index contributed by atoms with van der Waals surface area (Å²) in [5, 5.41) is 0.910. The molecule has 1 aromatic carbocycles. The minimum Gasteiger partial charge on any atom is -0.497 e. The molecule has 2 aromatic rings. The molecule has 1 unspecified atom stereocenters. The maximum absolute atomic E-state index is 13.5. The Morgan fingerprint density at radius 1 is 1.19 bits per heavy atom. The summed E-state index contributed by atoms with van der Waals surface area (Å²) in [6.07, 6.45) is 2.64. The number of benzene rings is 1. The Kier molecular flexibility index (Phi) is 4.17. The van der Waals surface area contributed by atoms with Gasteiger partial charge in [0, 0.05) is 50.3 Å². The Hall–Kier alpha value is -2.50. The van der Waals surface area contributed by atoms with E-state index in [1.54, 1.807) is 7.11 Å². The van der Waals surface area contributed by atoms with E-state index in [4.69, 9.17) is 4.74 Å². The number of piperidine rings is 1. The molecular weight excluding hydrogens is 342 g/mol. The molecule has 0 bridgehead atoms. The van der Waals surface area contributed by atoms with Gasteiger partial charge in [0.15, 0.2) is 0 Å². The first kappa shape index (κ1) is 17.9. The number of methoxy groups -OCH3 is 1. The summed E-state index contributed by atoms with van der Waals surface area (Å²) in [4.78, 5) is 29.9. The molecule has 2 saturated heterocycles. The molecule has 0 N–H and O–H groups in total. The van der Waals surface area contributed by atoms with Crippen molar-refractivity contribution in [2.24, 2.45) is 12.5 Å². The van der Waals surface area contributed by atoms with Gasteiger partial charge in [0.25, 0.3) is 5.91 Å². The van der Waals surface area contributed by atoms with Gasteiger partial charge in [-0.2, -0.15) is 0 Å². The average Bonchev–Trinajstić information content (AvgIpc) is 3.20. The summed E-state index contributed by atoms with van der Waals surface area (Å²) >= 11 is 0. The van der Waals surface area contributed by atoms with E-state index in [0.717, 1.165) is 53.7 Å². The molecule has 27 heavy (non-hydrogen) atoms. The molecule has 2 fully saturated rings. The highest BCUT2D eigenvalue weighted by molar-refractivity contribution is 6.09. The molecule has 2 aliphatic heterocycles. The number of ether oxygens (including phenoxy) is 1. The number of carbonyl (C=O) groups excluding carboxylic acids is 2. The Balaban J connectivity index is 1.70. The molecule has 1 spiro atoms. The smallest absolute Gasteiger partial charge is 0.256 e. The van der Waals surface area contributed by atoms with Crippen LogP contribution >= 0.6 is 0 Å². The van der Waals surface area contributed by atoms with Crippen LogP contribution in [0, 0.1) is 12.3 Å². The fourth-order valence-corrected chi connectivity index (χ4v) is 4.80. The Morgan fingerprint density at radius 2 is 1.96 bits per heavy atom. The van der Waals surface area contributed by atoms with E-state index in [1.165, 1.54) is 0 Å². The van der Waals surface area contributed by atoms with Gasteiger partial charge in [0.05, 0.1) is 18.1 Å². The zero-order valence-corrected chi connectivity index (χ0v) is 16.5. The fourth-order valence-electron chi connectivity index (χ4n) is 4.80. The van der Waals surface area contributed by atoms with Crippen LogP contribution in [-0.2, 0) is 11.8 Å². The first-order valence-electron chi connectivity index (χ1n) is 9.56. The van der Waals surface area contributed by atoms with Crippen LogP contribution in [0.5, 0.6) is 5.75 Å². The van der Waals surface area contributed by atoms with Crippen molar-refractivity contribution >= 4 is 22.7 Å². The van der Waals surface area contributed by atoms with Gasteiger partial charge in [0.2, 0.25) is 5.91 Å². The number of aryl methyl sites for hydroxylation is 1. The zero-order chi connectivity index (χ0) is 19.3. The van der Waals surface area contributed by atoms with Crippen molar-refractivity contribution in [3.8, 4) is 5.75 Å². The molecule has 0 radical (unpaired) electrons. The van der Waals surface area contributed by atoms with E-state index < -0.39 is 5.41 Å². The highest BCUT2D eigenvalue weighted by Gasteiger charge is 2.49. The van der Waals surface area contributed by atoms with Gasteiger partial charge in [-0.25, -0.2) is 0 Å². The molecule has 3 heterocycles. The van der Waals surface area contributed by atoms with E-state index in [0.29, 0.717) is 13.1 Å². The molecular formula is C21H27N3O3. The summed E-state index contributed by atoms with van der Waals surface area (Å²) in [5.41, 5.74) is 2.29. The molecule has 2 aliphatic rings. The van der Waals surface area contributed by atoms with E-state index in [1.807, 2.05) is 53.6 Å². The lowest BCUT2D eigenvalue weighted by molar-refractivity contribution is -0.143. The van der Waals surface area contributed by atoms with E-state index in [9.17, 15) is 9.59 Å². The summed E-state index contributed by atoms with van der Waals surface area (Å²) in [6, 6.07) is 5.83. The van der Waals surface area contributed by atoms with E-state index in [2.05, 4.69) is 0 Å². The predicted molar refractivity (Wildman–Crippen MR) is 104 cm³/mol. The summed E-state index contributed by atoms with van der Waals surface area (Å²) in [7, 11) is 5.48. The van der Waals surface area contributed by atoms with Crippen LogP contribution in [0.4, 0.5) is 0 Å². The molecule has 4 rings (SSSR count). The van der Waals surface area contributed by atoms with Crippen molar-refractivity contribution in [3.63, 3.8) is 0 Å². The summed E-state index contributed by atoms with van der Waals surface area (Å²) < 4.78 is 7.41. The van der Waals surface area contributed by atoms with Gasteiger partial charge < -0.3 is 19.1 Å². The first-order chi connectivity index (χ1) is 12.9. The predicted octanol–water partition coefficient (Wildman–Crippen LogP) is 2.58. The van der Waals surface area contributed by atoms with Crippen LogP contribution in [0.15, 0.2) is 18.2 Å². The van der Waals surface area contributed by atoms with Crippen LogP contribution in [0.2, 0.25) is 0 Å². The zero-order valence-electron chi connectivity index (χ0n) is 16.5. The summed E-state index contributed by atoms with van der Waals surface area (Å²) in [6.45, 7) is 3.95. The molecule has 0 saturated carbocycles. The van der Waals surface area contributed by atoms with Gasteiger partial charge in [-0.15, -0.1) is 0 Å². The number of fused-ring (bicyclic) bond motifs is 1. The van der Waals surface area contributed by atoms with Gasteiger partial charge in [0.1, 0.15) is 5.75 Å². The number of amides is 2. The molecule has 6 nitrogen and oxygen atoms in total. The highest BCUT2D eigenvalue weighted by Crippen LogP contribution is 2.41. The van der Waals surface area contributed by atoms with Crippen molar-refractivity contribution in [1.82, 2.24) is 14.4 Å². The minimum atomic E-state index is -0.390. The second kappa shape index (κ2) is 6.29. The van der Waals surface area contributed by atoms with Crippen molar-refractivity contribution < 1.29 is 14.3 Å². The van der Waals surface area contributed by atoms with Gasteiger partial charge >= 0.3 is 0 Å². The van der Waals surface area contributed by atoms with Crippen molar-refractivity contribution in [3.05, 3.63) is 29.5 Å². The molecule has 6 heteroatoms. The second-order valence-electron chi connectivity index (χ2n) is 7.99. The van der Waals surface area contributed by atoms with E-state index in [-0.39, 0.29) is 11.8 Å². The van der Waals surface area contributed by atoms with Gasteiger partial charge in [-0.3, -0.25) is 9.59 Å². The fraction of sp³-hybridized carbons (Fsp3) is 0.524. The third-order valence-electron chi connectivity index (χ3n) is 6.50. The highest BCUT2D eigenvalue weighted by atomic mass is 16.5. The topological polar surface area (TPSA) is 54.8 Å². The van der Waals surface area contributed by atoms with Crippen LogP contribution in [0.3, 0.4) is 0 Å². The molecule has 1 atom stereocenters. The average molecular weight is 369 g/mol. The number of aromatic nitrogens is 1. The largest absolute Gasteiger partial charge is 0.497 e. The van der Waals surface area contributed by atoms with Gasteiger partial charge in [-0.05, 0) is 44.4 Å². The molecule has 0 aliphatic carbocycles. The number of hydrogen-bond acceptors (Lipinski definition) is 3. The standard InChI is InChI=1S/C21H27N3O3/c1-14-18(16-12-15(27-4)6-7-17(16)23(14)3)19(25)24-11-9-21(13-24)8-5-10-22(2)20(21)26/h6-7,12H,5,8-11,13H2,1-4H3. The van der Waals surface area contributed by atoms with E-state index >= 15 is 0 Å². The molecule has 144 valence electrons. The Labute approximate surface area is 159 Å². The quantitative estimate of drug-likeness (QED) is 0.818. The third kappa shape index (κ3) is 2.61. The van der Waals surface area contributed by atoms with Crippen LogP contribution < -0.4 is 4.74 Å². The van der Waals surface area contributed by atoms with Crippen LogP contribution in [-0.4, -0.2) is 60.0 Å². The Morgan fingerprint density at radius 3 is 2.70 bits per heavy atom. The van der Waals surface area contributed by atoms with Crippen LogP contribution in [0.1, 0.15) is 35.3 Å². The third-order valence-corrected chi connectivity index (χ3v) is 6.50. The number of rotatable bonds is 2. The summed E-state index contributed by atoms with van der Waals surface area (Å²) in [5.74, 6) is 0.953. The lowest BCUT2D eigenvalue weighted by Crippen LogP contribution is -2.48. The number of nitrogens with zero attached hydrogens (tertiary/aromatic N) is 3. The molecule has 1 aromatic heterocycles. The first-order valence-corrected chi connectivity index (χ1v) is 9.56. The number of likely N-dealkylation sites (tertiary alicyclic amines) is 2. The lowest BCUT2D eigenvalue weighted by Gasteiger charge is -2.37. The van der Waals surface area contributed by atoms with Crippen molar-refractivity contribution in [2.75, 3.05) is 33.8 Å². The van der Waals surface area contributed by atoms with Crippen molar-refractivity contribution in [1.29, 1.82) is 0 Å². The lowest BCUT2D eigenvalue weighted by atomic mass is 9.78. The minimum absolute atomic E-state index is 0.0178. The van der Waals surface area contributed by atoms with Crippen LogP contribution in [0.25, 0.3) is 10.9 Å². The van der Waals surface area contributed by atoms with Gasteiger partial charge in [-0.1, -0.05) is 0 Å². The Bertz CT molecular complexity index is 932. The molecule has 2 amide bonds. The maximum Gasteiger partial charge on any atom is 0.256 e. The second-order valence-corrected chi connectivity index (χ2v) is 7.99. The maximum atomic E-state index is 13.5. The van der Waals surface area contributed by atoms with Crippen molar-refractivity contribution in [2.45, 2.75) is 26.2 Å².